The van der Waals surface area contributed by atoms with E-state index in [1.54, 1.807) is 6.92 Å². The first-order chi connectivity index (χ1) is 9.38. The Bertz CT molecular complexity index is 588. The summed E-state index contributed by atoms with van der Waals surface area (Å²) in [4.78, 5) is -0.767. The highest BCUT2D eigenvalue weighted by molar-refractivity contribution is 7.89. The molecule has 0 aliphatic rings. The van der Waals surface area contributed by atoms with Crippen molar-refractivity contribution in [1.29, 1.82) is 0 Å². The van der Waals surface area contributed by atoms with E-state index in [0.717, 1.165) is 16.4 Å². The summed E-state index contributed by atoms with van der Waals surface area (Å²) in [6.45, 7) is 4.81. The van der Waals surface area contributed by atoms with E-state index < -0.39 is 33.2 Å². The van der Waals surface area contributed by atoms with Crippen molar-refractivity contribution in [3.63, 3.8) is 0 Å². The van der Waals surface area contributed by atoms with Crippen molar-refractivity contribution >= 4 is 10.0 Å². The highest BCUT2D eigenvalue weighted by Crippen LogP contribution is 2.23. The first-order valence-corrected chi connectivity index (χ1v) is 7.52. The Morgan fingerprint density at radius 1 is 1.40 bits per heavy atom. The van der Waals surface area contributed by atoms with Crippen LogP contribution in [-0.4, -0.2) is 30.9 Å². The molecule has 0 saturated heterocycles. The molecule has 0 aromatic heterocycles. The average Bonchev–Trinajstić information content (AvgIpc) is 2.41. The SMILES string of the molecule is C=CCN(CCC)S(=O)(=O)c1cc(CO)cc(F)c1F. The van der Waals surface area contributed by atoms with Gasteiger partial charge in [0.1, 0.15) is 4.90 Å². The van der Waals surface area contributed by atoms with E-state index in [1.165, 1.54) is 6.08 Å². The number of halogens is 2. The maximum atomic E-state index is 13.8. The molecule has 0 atom stereocenters. The van der Waals surface area contributed by atoms with Crippen molar-refractivity contribution in [1.82, 2.24) is 4.31 Å². The molecule has 0 bridgehead atoms. The fraction of sp³-hybridized carbons (Fsp3) is 0.385. The number of nitrogens with zero attached hydrogens (tertiary/aromatic N) is 1. The average molecular weight is 305 g/mol. The second-order valence-corrected chi connectivity index (χ2v) is 6.11. The highest BCUT2D eigenvalue weighted by Gasteiger charge is 2.28. The molecular weight excluding hydrogens is 288 g/mol. The van der Waals surface area contributed by atoms with Gasteiger partial charge in [-0.1, -0.05) is 13.0 Å². The van der Waals surface area contributed by atoms with Gasteiger partial charge in [0.25, 0.3) is 0 Å². The van der Waals surface area contributed by atoms with Crippen LogP contribution in [0.5, 0.6) is 0 Å². The molecule has 0 unspecified atom stereocenters. The van der Waals surface area contributed by atoms with Crippen LogP contribution < -0.4 is 0 Å². The van der Waals surface area contributed by atoms with Gasteiger partial charge in [0, 0.05) is 13.1 Å². The smallest absolute Gasteiger partial charge is 0.246 e. The minimum absolute atomic E-state index is 0.000580. The molecule has 1 aromatic rings. The molecule has 0 aliphatic heterocycles. The molecule has 112 valence electrons. The zero-order chi connectivity index (χ0) is 15.3. The number of hydrogen-bond acceptors (Lipinski definition) is 3. The fourth-order valence-corrected chi connectivity index (χ4v) is 3.37. The minimum Gasteiger partial charge on any atom is -0.392 e. The molecule has 0 heterocycles. The van der Waals surface area contributed by atoms with Gasteiger partial charge in [-0.3, -0.25) is 0 Å². The van der Waals surface area contributed by atoms with Gasteiger partial charge >= 0.3 is 0 Å². The third-order valence-corrected chi connectivity index (χ3v) is 4.53. The standard InChI is InChI=1S/C13H17F2NO3S/c1-3-5-16(6-4-2)20(18,19)12-8-10(9-17)7-11(14)13(12)15/h3,7-8,17H,1,4-6,9H2,2H3. The Hall–Kier alpha value is -1.31. The molecule has 0 radical (unpaired) electrons. The molecule has 7 heteroatoms. The van der Waals surface area contributed by atoms with Crippen LogP contribution in [0.2, 0.25) is 0 Å². The zero-order valence-corrected chi connectivity index (χ0v) is 12.0. The zero-order valence-electron chi connectivity index (χ0n) is 11.1. The monoisotopic (exact) mass is 305 g/mol. The predicted molar refractivity (Wildman–Crippen MR) is 71.5 cm³/mol. The van der Waals surface area contributed by atoms with Crippen molar-refractivity contribution < 1.29 is 22.3 Å². The van der Waals surface area contributed by atoms with Crippen molar-refractivity contribution in [2.45, 2.75) is 24.8 Å². The number of hydrogen-bond donors (Lipinski definition) is 1. The van der Waals surface area contributed by atoms with Gasteiger partial charge in [0.05, 0.1) is 6.61 Å². The summed E-state index contributed by atoms with van der Waals surface area (Å²) in [5.41, 5.74) is -0.00229. The Morgan fingerprint density at radius 2 is 2.05 bits per heavy atom. The predicted octanol–water partition coefficient (Wildman–Crippen LogP) is 2.04. The van der Waals surface area contributed by atoms with Crippen LogP contribution in [0.1, 0.15) is 18.9 Å². The highest BCUT2D eigenvalue weighted by atomic mass is 32.2. The van der Waals surface area contributed by atoms with Gasteiger partial charge in [-0.2, -0.15) is 4.31 Å². The first kappa shape index (κ1) is 16.7. The second-order valence-electron chi connectivity index (χ2n) is 4.20. The first-order valence-electron chi connectivity index (χ1n) is 6.08. The molecule has 0 amide bonds. The van der Waals surface area contributed by atoms with E-state index in [2.05, 4.69) is 6.58 Å². The van der Waals surface area contributed by atoms with Crippen LogP contribution >= 0.6 is 0 Å². The summed E-state index contributed by atoms with van der Waals surface area (Å²) in [7, 11) is -4.18. The second kappa shape index (κ2) is 6.92. The van der Waals surface area contributed by atoms with Crippen LogP contribution in [-0.2, 0) is 16.6 Å². The normalized spacial score (nSPS) is 11.8. The number of sulfonamides is 1. The van der Waals surface area contributed by atoms with Gasteiger partial charge in [0.2, 0.25) is 10.0 Å². The summed E-state index contributed by atoms with van der Waals surface area (Å²) in [5.74, 6) is -2.74. The van der Waals surface area contributed by atoms with Crippen molar-refractivity contribution in [3.05, 3.63) is 42.0 Å². The molecule has 0 saturated carbocycles. The third kappa shape index (κ3) is 3.41. The lowest BCUT2D eigenvalue weighted by molar-refractivity contribution is 0.280. The van der Waals surface area contributed by atoms with Gasteiger partial charge in [-0.15, -0.1) is 6.58 Å². The van der Waals surface area contributed by atoms with E-state index >= 15 is 0 Å². The van der Waals surface area contributed by atoms with E-state index in [0.29, 0.717) is 6.42 Å². The third-order valence-electron chi connectivity index (χ3n) is 2.66. The Labute approximate surface area is 117 Å². The maximum absolute atomic E-state index is 13.8. The van der Waals surface area contributed by atoms with Gasteiger partial charge in [-0.25, -0.2) is 17.2 Å². The lowest BCUT2D eigenvalue weighted by Crippen LogP contribution is -2.32. The van der Waals surface area contributed by atoms with Crippen molar-refractivity contribution in [2.75, 3.05) is 13.1 Å². The molecule has 0 aliphatic carbocycles. The van der Waals surface area contributed by atoms with Gasteiger partial charge in [-0.05, 0) is 24.1 Å². The summed E-state index contributed by atoms with van der Waals surface area (Å²) < 4.78 is 52.9. The lowest BCUT2D eigenvalue weighted by Gasteiger charge is -2.20. The molecule has 1 N–H and O–H groups in total. The number of aliphatic hydroxyl groups is 1. The minimum atomic E-state index is -4.18. The molecule has 4 nitrogen and oxygen atoms in total. The Morgan fingerprint density at radius 3 is 2.55 bits per heavy atom. The molecule has 1 rings (SSSR count). The summed E-state index contributed by atoms with van der Waals surface area (Å²) >= 11 is 0. The molecule has 20 heavy (non-hydrogen) atoms. The van der Waals surface area contributed by atoms with Crippen LogP contribution in [0.3, 0.4) is 0 Å². The van der Waals surface area contributed by atoms with E-state index in [-0.39, 0.29) is 18.7 Å². The van der Waals surface area contributed by atoms with Crippen LogP contribution in [0, 0.1) is 11.6 Å². The van der Waals surface area contributed by atoms with Gasteiger partial charge in [0.15, 0.2) is 11.6 Å². The Kier molecular flexibility index (Phi) is 5.79. The van der Waals surface area contributed by atoms with Crippen molar-refractivity contribution in [2.24, 2.45) is 0 Å². The van der Waals surface area contributed by atoms with Gasteiger partial charge < -0.3 is 5.11 Å². The largest absolute Gasteiger partial charge is 0.392 e. The number of benzene rings is 1. The lowest BCUT2D eigenvalue weighted by atomic mass is 10.2. The Balaban J connectivity index is 3.39. The maximum Gasteiger partial charge on any atom is 0.246 e. The van der Waals surface area contributed by atoms with E-state index in [9.17, 15) is 17.2 Å². The molecule has 0 spiro atoms. The quantitative estimate of drug-likeness (QED) is 0.784. The van der Waals surface area contributed by atoms with E-state index in [1.807, 2.05) is 0 Å². The number of aliphatic hydroxyl groups excluding tert-OH is 1. The topological polar surface area (TPSA) is 57.6 Å². The summed E-state index contributed by atoms with van der Waals surface area (Å²) in [6.07, 6.45) is 1.90. The van der Waals surface area contributed by atoms with Crippen LogP contribution in [0.4, 0.5) is 8.78 Å². The number of rotatable bonds is 7. The summed E-state index contributed by atoms with van der Waals surface area (Å²) in [5, 5.41) is 8.97. The van der Waals surface area contributed by atoms with E-state index in [4.69, 9.17) is 5.11 Å². The molecular formula is C13H17F2NO3S. The van der Waals surface area contributed by atoms with Crippen LogP contribution in [0.25, 0.3) is 0 Å². The van der Waals surface area contributed by atoms with Crippen LogP contribution in [0.15, 0.2) is 29.7 Å². The molecule has 1 aromatic carbocycles. The fourth-order valence-electron chi connectivity index (χ4n) is 1.74. The summed E-state index contributed by atoms with van der Waals surface area (Å²) in [6, 6.07) is 1.71. The molecule has 0 fully saturated rings. The van der Waals surface area contributed by atoms with Crippen molar-refractivity contribution in [3.8, 4) is 0 Å².